The Kier molecular flexibility index (Phi) is 6.42. The monoisotopic (exact) mass is 295 g/mol. The number of hydrogen-bond acceptors (Lipinski definition) is 7. The van der Waals surface area contributed by atoms with Crippen LogP contribution in [0.4, 0.5) is 24.8 Å². The van der Waals surface area contributed by atoms with E-state index < -0.39 is 12.0 Å². The Hall–Kier alpha value is -1.65. The summed E-state index contributed by atoms with van der Waals surface area (Å²) in [6.45, 7) is 0.906. The largest absolute Gasteiger partial charge is 0.451 e. The lowest BCUT2D eigenvalue weighted by molar-refractivity contribution is -0.144. The zero-order valence-electron chi connectivity index (χ0n) is 10.6. The maximum Gasteiger partial charge on any atom is 0.451 e. The highest BCUT2D eigenvalue weighted by molar-refractivity contribution is 5.47. The topological polar surface area (TPSA) is 105 Å². The molecule has 0 aliphatic rings. The molecular formula is C10H16F3N5O2. The van der Waals surface area contributed by atoms with Crippen molar-refractivity contribution in [2.45, 2.75) is 12.6 Å². The van der Waals surface area contributed by atoms with Gasteiger partial charge in [0.05, 0.1) is 13.2 Å². The van der Waals surface area contributed by atoms with Crippen LogP contribution in [0.5, 0.6) is 0 Å². The van der Waals surface area contributed by atoms with Crippen molar-refractivity contribution in [3.63, 3.8) is 0 Å². The third-order valence-electron chi connectivity index (χ3n) is 2.13. The number of nitrogens with zero attached hydrogens (tertiary/aromatic N) is 2. The predicted octanol–water partition coefficient (Wildman–Crippen LogP) is 0.592. The van der Waals surface area contributed by atoms with E-state index in [4.69, 9.17) is 15.7 Å². The van der Waals surface area contributed by atoms with Crippen molar-refractivity contribution < 1.29 is 23.0 Å². The van der Waals surface area contributed by atoms with E-state index in [-0.39, 0.29) is 24.8 Å². The molecule has 0 atom stereocenters. The zero-order chi connectivity index (χ0) is 15.0. The first-order valence-corrected chi connectivity index (χ1v) is 5.82. The second-order valence-electron chi connectivity index (χ2n) is 3.72. The van der Waals surface area contributed by atoms with Gasteiger partial charge in [-0.1, -0.05) is 0 Å². The Bertz CT molecular complexity index is 416. The van der Waals surface area contributed by atoms with Gasteiger partial charge >= 0.3 is 6.18 Å². The van der Waals surface area contributed by atoms with Crippen molar-refractivity contribution in [1.29, 1.82) is 0 Å². The predicted molar refractivity (Wildman–Crippen MR) is 65.9 cm³/mol. The summed E-state index contributed by atoms with van der Waals surface area (Å²) in [5.74, 6) is 3.67. The molecule has 1 heterocycles. The molecule has 0 aliphatic heterocycles. The Labute approximate surface area is 113 Å². The van der Waals surface area contributed by atoms with Gasteiger partial charge in [0.25, 0.3) is 0 Å². The molecule has 1 rings (SSSR count). The number of aromatic nitrogens is 2. The van der Waals surface area contributed by atoms with Crippen LogP contribution >= 0.6 is 0 Å². The van der Waals surface area contributed by atoms with Crippen molar-refractivity contribution in [3.05, 3.63) is 11.9 Å². The zero-order valence-corrected chi connectivity index (χ0v) is 10.6. The fraction of sp³-hybridized carbons (Fsp3) is 0.600. The first-order chi connectivity index (χ1) is 9.47. The third-order valence-corrected chi connectivity index (χ3v) is 2.13. The van der Waals surface area contributed by atoms with Crippen molar-refractivity contribution in [3.8, 4) is 0 Å². The van der Waals surface area contributed by atoms with Crippen molar-refractivity contribution in [2.75, 3.05) is 37.1 Å². The summed E-state index contributed by atoms with van der Waals surface area (Å²) in [5, 5.41) is 11.2. The molecule has 0 saturated heterocycles. The van der Waals surface area contributed by atoms with E-state index in [9.17, 15) is 13.2 Å². The van der Waals surface area contributed by atoms with Crippen LogP contribution in [0.1, 0.15) is 12.2 Å². The lowest BCUT2D eigenvalue weighted by Crippen LogP contribution is -2.17. The number of aliphatic hydroxyl groups excluding tert-OH is 1. The van der Waals surface area contributed by atoms with E-state index >= 15 is 0 Å². The van der Waals surface area contributed by atoms with E-state index in [1.54, 1.807) is 0 Å². The van der Waals surface area contributed by atoms with E-state index in [1.807, 2.05) is 0 Å². The molecule has 10 heteroatoms. The molecule has 20 heavy (non-hydrogen) atoms. The average molecular weight is 295 g/mol. The number of hydrogen-bond donors (Lipinski definition) is 4. The first kappa shape index (κ1) is 16.4. The summed E-state index contributed by atoms with van der Waals surface area (Å²) >= 11 is 0. The lowest BCUT2D eigenvalue weighted by Gasteiger charge is -2.11. The van der Waals surface area contributed by atoms with Crippen molar-refractivity contribution >= 4 is 11.6 Å². The van der Waals surface area contributed by atoms with Gasteiger partial charge in [0.1, 0.15) is 11.6 Å². The Balaban J connectivity index is 2.56. The minimum absolute atomic E-state index is 0.0161. The number of halogens is 3. The van der Waals surface area contributed by atoms with Gasteiger partial charge in [-0.3, -0.25) is 0 Å². The van der Waals surface area contributed by atoms with Crippen LogP contribution in [0.15, 0.2) is 6.07 Å². The van der Waals surface area contributed by atoms with E-state index in [0.29, 0.717) is 19.6 Å². The second-order valence-corrected chi connectivity index (χ2v) is 3.72. The molecule has 0 unspecified atom stereocenters. The van der Waals surface area contributed by atoms with Crippen molar-refractivity contribution in [1.82, 2.24) is 9.97 Å². The fourth-order valence-corrected chi connectivity index (χ4v) is 1.30. The van der Waals surface area contributed by atoms with Gasteiger partial charge in [-0.15, -0.1) is 0 Å². The summed E-state index contributed by atoms with van der Waals surface area (Å²) in [6, 6.07) is 1.27. The van der Waals surface area contributed by atoms with Gasteiger partial charge in [-0.25, -0.2) is 15.8 Å². The minimum atomic E-state index is -4.65. The third kappa shape index (κ3) is 5.55. The molecule has 0 spiro atoms. The van der Waals surface area contributed by atoms with Crippen LogP contribution in [0, 0.1) is 0 Å². The number of rotatable bonds is 8. The van der Waals surface area contributed by atoms with Crippen LogP contribution in [0.3, 0.4) is 0 Å². The molecule has 0 saturated carbocycles. The maximum absolute atomic E-state index is 12.5. The molecule has 1 aromatic heterocycles. The summed E-state index contributed by atoms with van der Waals surface area (Å²) in [4.78, 5) is 6.59. The molecule has 0 aliphatic carbocycles. The van der Waals surface area contributed by atoms with Gasteiger partial charge in [-0.2, -0.15) is 13.2 Å². The summed E-state index contributed by atoms with van der Waals surface area (Å²) in [6.07, 6.45) is -4.09. The van der Waals surface area contributed by atoms with Crippen molar-refractivity contribution in [2.24, 2.45) is 5.84 Å². The molecule has 7 nitrogen and oxygen atoms in total. The number of nitrogens with one attached hydrogen (secondary N) is 2. The van der Waals surface area contributed by atoms with Crippen LogP contribution in [-0.2, 0) is 10.9 Å². The van der Waals surface area contributed by atoms with Gasteiger partial charge < -0.3 is 20.6 Å². The first-order valence-electron chi connectivity index (χ1n) is 5.82. The molecule has 0 bridgehead atoms. The maximum atomic E-state index is 12.5. The highest BCUT2D eigenvalue weighted by Crippen LogP contribution is 2.28. The van der Waals surface area contributed by atoms with Crippen LogP contribution in [-0.4, -0.2) is 41.4 Å². The Morgan fingerprint density at radius 1 is 1.25 bits per heavy atom. The fourth-order valence-electron chi connectivity index (χ4n) is 1.30. The van der Waals surface area contributed by atoms with Crippen LogP contribution in [0.25, 0.3) is 0 Å². The van der Waals surface area contributed by atoms with Gasteiger partial charge in [0.2, 0.25) is 5.82 Å². The van der Waals surface area contributed by atoms with E-state index in [0.717, 1.165) is 0 Å². The molecule has 5 N–H and O–H groups in total. The standard InChI is InChI=1S/C10H16F3N5O2/c11-10(12,13)9-16-7(6-8(17-9)18-14)15-2-1-4-20-5-3-19/h6,19H,1-5,14H2,(H2,15,16,17,18). The molecule has 114 valence electrons. The lowest BCUT2D eigenvalue weighted by atomic mass is 10.4. The minimum Gasteiger partial charge on any atom is -0.394 e. The molecule has 0 amide bonds. The number of ether oxygens (including phenoxy) is 1. The number of anilines is 2. The summed E-state index contributed by atoms with van der Waals surface area (Å²) < 4.78 is 42.6. The van der Waals surface area contributed by atoms with E-state index in [1.165, 1.54) is 6.07 Å². The molecule has 0 radical (unpaired) electrons. The van der Waals surface area contributed by atoms with Crippen LogP contribution < -0.4 is 16.6 Å². The van der Waals surface area contributed by atoms with Gasteiger partial charge in [0, 0.05) is 19.2 Å². The quantitative estimate of drug-likeness (QED) is 0.316. The number of nitrogens with two attached hydrogens (primary N) is 1. The smallest absolute Gasteiger partial charge is 0.394 e. The van der Waals surface area contributed by atoms with Gasteiger partial charge in [0.15, 0.2) is 0 Å². The molecule has 1 aromatic rings. The molecule has 0 aromatic carbocycles. The Morgan fingerprint density at radius 3 is 2.55 bits per heavy atom. The van der Waals surface area contributed by atoms with E-state index in [2.05, 4.69) is 20.7 Å². The normalized spacial score (nSPS) is 11.4. The van der Waals surface area contributed by atoms with Crippen LogP contribution in [0.2, 0.25) is 0 Å². The highest BCUT2D eigenvalue weighted by Gasteiger charge is 2.35. The second kappa shape index (κ2) is 7.82. The molecule has 0 fully saturated rings. The number of alkyl halides is 3. The summed E-state index contributed by atoms with van der Waals surface area (Å²) in [5.41, 5.74) is 2.05. The van der Waals surface area contributed by atoms with Gasteiger partial charge in [-0.05, 0) is 6.42 Å². The molecular weight excluding hydrogens is 279 g/mol. The SMILES string of the molecule is NNc1cc(NCCCOCCO)nc(C(F)(F)F)n1. The number of aliphatic hydroxyl groups is 1. The number of nitrogen functional groups attached to an aromatic ring is 1. The summed E-state index contributed by atoms with van der Waals surface area (Å²) in [7, 11) is 0. The number of hydrazine groups is 1. The highest BCUT2D eigenvalue weighted by atomic mass is 19.4. The Morgan fingerprint density at radius 2 is 1.95 bits per heavy atom. The average Bonchev–Trinajstić information content (AvgIpc) is 2.41.